The van der Waals surface area contributed by atoms with Gasteiger partial charge in [0.2, 0.25) is 15.0 Å². The number of sulfonamides is 1. The van der Waals surface area contributed by atoms with Crippen LogP contribution >= 0.6 is 12.4 Å². The normalized spacial score (nSPS) is 22.9. The van der Waals surface area contributed by atoms with Crippen LogP contribution in [0.25, 0.3) is 11.1 Å². The highest BCUT2D eigenvalue weighted by atomic mass is 35.5. The topological polar surface area (TPSA) is 58.2 Å². The summed E-state index contributed by atoms with van der Waals surface area (Å²) in [5.41, 5.74) is 1.11. The Morgan fingerprint density at radius 3 is 2.55 bits per heavy atom. The summed E-state index contributed by atoms with van der Waals surface area (Å²) in [6, 6.07) is 9.75. The average molecular weight is 447 g/mol. The Labute approximate surface area is 174 Å². The van der Waals surface area contributed by atoms with Crippen LogP contribution in [-0.2, 0) is 16.4 Å². The third kappa shape index (κ3) is 4.45. The molecule has 4 nitrogen and oxygen atoms in total. The molecule has 0 unspecified atom stereocenters. The van der Waals surface area contributed by atoms with E-state index in [1.165, 1.54) is 18.2 Å². The predicted octanol–water partition coefficient (Wildman–Crippen LogP) is 3.71. The summed E-state index contributed by atoms with van der Waals surface area (Å²) in [5, 5.41) is 1.01. The van der Waals surface area contributed by atoms with Crippen LogP contribution in [0.5, 0.6) is 0 Å². The maximum atomic E-state index is 15.1. The van der Waals surface area contributed by atoms with Crippen molar-refractivity contribution in [2.75, 3.05) is 6.54 Å². The summed E-state index contributed by atoms with van der Waals surface area (Å²) < 4.78 is 69.4. The zero-order valence-electron chi connectivity index (χ0n) is 15.5. The van der Waals surface area contributed by atoms with Gasteiger partial charge in [-0.25, -0.2) is 26.3 Å². The Morgan fingerprint density at radius 2 is 1.86 bits per heavy atom. The van der Waals surface area contributed by atoms with Gasteiger partial charge in [-0.2, -0.15) is 0 Å². The van der Waals surface area contributed by atoms with Crippen molar-refractivity contribution in [3.05, 3.63) is 59.7 Å². The summed E-state index contributed by atoms with van der Waals surface area (Å²) in [4.78, 5) is 0. The van der Waals surface area contributed by atoms with Gasteiger partial charge < -0.3 is 5.32 Å². The average Bonchev–Trinajstić information content (AvgIpc) is 3.28. The Balaban J connectivity index is 0.00000240. The minimum Gasteiger partial charge on any atom is -0.312 e. The van der Waals surface area contributed by atoms with E-state index in [0.29, 0.717) is 24.1 Å². The maximum Gasteiger partial charge on any atom is 0.247 e. The molecule has 1 aliphatic heterocycles. The second-order valence-electron chi connectivity index (χ2n) is 7.45. The molecule has 1 saturated heterocycles. The lowest BCUT2D eigenvalue weighted by atomic mass is 9.96. The molecule has 2 N–H and O–H groups in total. The molecule has 29 heavy (non-hydrogen) atoms. The van der Waals surface area contributed by atoms with Crippen molar-refractivity contribution in [3.8, 4) is 11.1 Å². The monoisotopic (exact) mass is 446 g/mol. The van der Waals surface area contributed by atoms with Crippen LogP contribution in [-0.4, -0.2) is 32.0 Å². The number of nitrogens with one attached hydrogen (secondary N) is 2. The number of hydrogen-bond acceptors (Lipinski definition) is 3. The quantitative estimate of drug-likeness (QED) is 0.711. The maximum absolute atomic E-state index is 15.1. The minimum absolute atomic E-state index is 0. The van der Waals surface area contributed by atoms with Crippen LogP contribution in [0.4, 0.5) is 13.2 Å². The van der Waals surface area contributed by atoms with Crippen molar-refractivity contribution in [2.24, 2.45) is 0 Å². The summed E-state index contributed by atoms with van der Waals surface area (Å²) in [6.07, 6.45) is 0.765. The second-order valence-corrected chi connectivity index (χ2v) is 9.43. The van der Waals surface area contributed by atoms with Crippen molar-refractivity contribution in [2.45, 2.75) is 42.8 Å². The SMILES string of the molecule is Cl.O=S(=O)(N[C@H]1CCN[C@H]1Cc1cccc(-c2cccc(F)c2)c1F)C1(F)CC1. The molecule has 2 aromatic rings. The van der Waals surface area contributed by atoms with E-state index in [1.807, 2.05) is 0 Å². The first-order valence-electron chi connectivity index (χ1n) is 9.27. The van der Waals surface area contributed by atoms with E-state index in [1.54, 1.807) is 24.3 Å². The molecule has 2 atom stereocenters. The number of rotatable bonds is 6. The third-order valence-electron chi connectivity index (χ3n) is 5.43. The van der Waals surface area contributed by atoms with E-state index >= 15 is 4.39 Å². The van der Waals surface area contributed by atoms with Crippen LogP contribution in [0, 0.1) is 11.6 Å². The molecule has 0 bridgehead atoms. The van der Waals surface area contributed by atoms with E-state index in [4.69, 9.17) is 0 Å². The van der Waals surface area contributed by atoms with E-state index in [0.717, 1.165) is 0 Å². The largest absolute Gasteiger partial charge is 0.312 e. The molecule has 0 spiro atoms. The van der Waals surface area contributed by atoms with Crippen molar-refractivity contribution < 1.29 is 21.6 Å². The van der Waals surface area contributed by atoms with Crippen LogP contribution in [0.2, 0.25) is 0 Å². The lowest BCUT2D eigenvalue weighted by Crippen LogP contribution is -2.47. The number of benzene rings is 2. The van der Waals surface area contributed by atoms with Gasteiger partial charge in [0.1, 0.15) is 11.6 Å². The lowest BCUT2D eigenvalue weighted by molar-refractivity contribution is 0.388. The van der Waals surface area contributed by atoms with Crippen molar-refractivity contribution in [1.82, 2.24) is 10.0 Å². The summed E-state index contributed by atoms with van der Waals surface area (Å²) in [5.74, 6) is -0.915. The Bertz CT molecular complexity index is 999. The van der Waals surface area contributed by atoms with Gasteiger partial charge in [0.25, 0.3) is 0 Å². The summed E-state index contributed by atoms with van der Waals surface area (Å²) in [7, 11) is -4.05. The fraction of sp³-hybridized carbons (Fsp3) is 0.400. The molecule has 4 rings (SSSR count). The van der Waals surface area contributed by atoms with Crippen LogP contribution < -0.4 is 10.0 Å². The fourth-order valence-corrected chi connectivity index (χ4v) is 5.18. The first-order valence-corrected chi connectivity index (χ1v) is 10.7. The van der Waals surface area contributed by atoms with Gasteiger partial charge in [-0.3, -0.25) is 0 Å². The Morgan fingerprint density at radius 1 is 1.14 bits per heavy atom. The molecule has 2 aromatic carbocycles. The Kier molecular flexibility index (Phi) is 6.29. The second kappa shape index (κ2) is 8.26. The first kappa shape index (κ1) is 22.1. The molecular formula is C20H22ClF3N2O2S. The van der Waals surface area contributed by atoms with Gasteiger partial charge in [-0.1, -0.05) is 30.3 Å². The van der Waals surface area contributed by atoms with Gasteiger partial charge >= 0.3 is 0 Å². The van der Waals surface area contributed by atoms with E-state index in [2.05, 4.69) is 10.0 Å². The van der Waals surface area contributed by atoms with Crippen LogP contribution in [0.1, 0.15) is 24.8 Å². The fourth-order valence-electron chi connectivity index (χ4n) is 3.65. The van der Waals surface area contributed by atoms with Crippen LogP contribution in [0.15, 0.2) is 42.5 Å². The summed E-state index contributed by atoms with van der Waals surface area (Å²) >= 11 is 0. The molecule has 0 aromatic heterocycles. The summed E-state index contributed by atoms with van der Waals surface area (Å²) in [6.45, 7) is 0.558. The predicted molar refractivity (Wildman–Crippen MR) is 108 cm³/mol. The van der Waals surface area contributed by atoms with Crippen molar-refractivity contribution in [1.29, 1.82) is 0 Å². The van der Waals surface area contributed by atoms with E-state index in [-0.39, 0.29) is 43.3 Å². The van der Waals surface area contributed by atoms with Gasteiger partial charge in [0.05, 0.1) is 0 Å². The van der Waals surface area contributed by atoms with Crippen molar-refractivity contribution >= 4 is 22.4 Å². The highest BCUT2D eigenvalue weighted by Crippen LogP contribution is 2.44. The molecule has 9 heteroatoms. The number of hydrogen-bond donors (Lipinski definition) is 2. The molecule has 2 aliphatic rings. The number of halogens is 4. The van der Waals surface area contributed by atoms with Gasteiger partial charge in [0.15, 0.2) is 0 Å². The highest BCUT2D eigenvalue weighted by molar-refractivity contribution is 7.91. The number of alkyl halides is 1. The van der Waals surface area contributed by atoms with Crippen LogP contribution in [0.3, 0.4) is 0 Å². The Hall–Kier alpha value is -1.61. The molecule has 0 amide bonds. The molecule has 1 saturated carbocycles. The zero-order valence-corrected chi connectivity index (χ0v) is 17.1. The first-order chi connectivity index (χ1) is 13.3. The zero-order chi connectivity index (χ0) is 19.9. The van der Waals surface area contributed by atoms with Gasteiger partial charge in [-0.05, 0) is 42.6 Å². The molecule has 1 heterocycles. The smallest absolute Gasteiger partial charge is 0.247 e. The molecule has 1 aliphatic carbocycles. The van der Waals surface area contributed by atoms with E-state index in [9.17, 15) is 17.2 Å². The minimum atomic E-state index is -4.05. The van der Waals surface area contributed by atoms with Gasteiger partial charge in [-0.15, -0.1) is 12.4 Å². The lowest BCUT2D eigenvalue weighted by Gasteiger charge is -2.22. The highest BCUT2D eigenvalue weighted by Gasteiger charge is 2.56. The molecular weight excluding hydrogens is 425 g/mol. The third-order valence-corrected chi connectivity index (χ3v) is 7.42. The van der Waals surface area contributed by atoms with E-state index < -0.39 is 32.7 Å². The van der Waals surface area contributed by atoms with Crippen molar-refractivity contribution in [3.63, 3.8) is 0 Å². The van der Waals surface area contributed by atoms with Gasteiger partial charge in [0, 0.05) is 30.5 Å². The molecule has 0 radical (unpaired) electrons. The molecule has 158 valence electrons. The molecule has 2 fully saturated rings. The standard InChI is InChI=1S/C20H21F3N2O2S.ClH/c21-15-5-1-3-13(11-15)16-6-2-4-14(19(16)22)12-18-17(7-10-24-18)25-28(26,27)20(23)8-9-20;/h1-6,11,17-18,24-25H,7-10,12H2;1H/t17-,18-;/m0./s1.